The van der Waals surface area contributed by atoms with Crippen LogP contribution in [0.25, 0.3) is 6.08 Å². The van der Waals surface area contributed by atoms with Crippen molar-refractivity contribution in [3.63, 3.8) is 0 Å². The molecule has 8 nitrogen and oxygen atoms in total. The minimum Gasteiger partial charge on any atom is -0.493 e. The lowest BCUT2D eigenvalue weighted by molar-refractivity contribution is -0.123. The van der Waals surface area contributed by atoms with Crippen LogP contribution in [-0.4, -0.2) is 48.8 Å². The first-order valence-corrected chi connectivity index (χ1v) is 12.8. The Bertz CT molecular complexity index is 1390. The van der Waals surface area contributed by atoms with Crippen molar-refractivity contribution < 1.29 is 28.6 Å². The Morgan fingerprint density at radius 1 is 1.00 bits per heavy atom. The molecular weight excluding hydrogens is 528 g/mol. The van der Waals surface area contributed by atoms with Crippen molar-refractivity contribution in [2.24, 2.45) is 0 Å². The summed E-state index contributed by atoms with van der Waals surface area (Å²) in [5, 5.41) is 2.86. The summed E-state index contributed by atoms with van der Waals surface area (Å²) in [7, 11) is 1.48. The van der Waals surface area contributed by atoms with Gasteiger partial charge >= 0.3 is 0 Å². The number of ether oxygens (including phenoxy) is 3. The zero-order valence-corrected chi connectivity index (χ0v) is 22.3. The van der Waals surface area contributed by atoms with Crippen molar-refractivity contribution in [2.75, 3.05) is 32.2 Å². The number of amides is 3. The van der Waals surface area contributed by atoms with Crippen molar-refractivity contribution in [1.82, 2.24) is 4.90 Å². The fourth-order valence-corrected chi connectivity index (χ4v) is 4.66. The summed E-state index contributed by atoms with van der Waals surface area (Å²) in [6, 6.07) is 19.5. The van der Waals surface area contributed by atoms with Crippen LogP contribution >= 0.6 is 23.4 Å². The first-order valence-electron chi connectivity index (χ1n) is 11.6. The van der Waals surface area contributed by atoms with Gasteiger partial charge in [0.15, 0.2) is 18.1 Å². The molecule has 196 valence electrons. The van der Waals surface area contributed by atoms with Crippen LogP contribution in [0.4, 0.5) is 10.5 Å². The second kappa shape index (κ2) is 12.5. The summed E-state index contributed by atoms with van der Waals surface area (Å²) < 4.78 is 16.7. The molecule has 0 aliphatic carbocycles. The van der Waals surface area contributed by atoms with Crippen molar-refractivity contribution in [3.05, 3.63) is 87.8 Å². The van der Waals surface area contributed by atoms with E-state index in [2.05, 4.69) is 5.32 Å². The number of rotatable bonds is 10. The van der Waals surface area contributed by atoms with Gasteiger partial charge in [0.05, 0.1) is 23.6 Å². The molecule has 1 N–H and O–H groups in total. The zero-order valence-electron chi connectivity index (χ0n) is 20.7. The molecule has 0 aromatic heterocycles. The summed E-state index contributed by atoms with van der Waals surface area (Å²) in [5.41, 5.74) is 2.35. The minimum atomic E-state index is -0.408. The second-order valence-corrected chi connectivity index (χ2v) is 9.63. The smallest absolute Gasteiger partial charge is 0.293 e. The van der Waals surface area contributed by atoms with E-state index >= 15 is 0 Å². The Morgan fingerprint density at radius 3 is 2.58 bits per heavy atom. The van der Waals surface area contributed by atoms with Gasteiger partial charge in [0.1, 0.15) is 12.4 Å². The van der Waals surface area contributed by atoms with Gasteiger partial charge in [-0.25, -0.2) is 0 Å². The third-order valence-corrected chi connectivity index (χ3v) is 6.65. The Kier molecular flexibility index (Phi) is 8.93. The molecule has 0 saturated carbocycles. The van der Waals surface area contributed by atoms with Gasteiger partial charge in [-0.3, -0.25) is 19.3 Å². The fraction of sp³-hybridized carbons (Fsp3) is 0.179. The molecule has 1 heterocycles. The van der Waals surface area contributed by atoms with Crippen LogP contribution in [0.2, 0.25) is 5.02 Å². The molecule has 1 aliphatic heterocycles. The number of nitrogens with zero attached hydrogens (tertiary/aromatic N) is 1. The van der Waals surface area contributed by atoms with Crippen LogP contribution < -0.4 is 19.5 Å². The molecule has 4 rings (SSSR count). The first-order chi connectivity index (χ1) is 18.3. The van der Waals surface area contributed by atoms with E-state index in [-0.39, 0.29) is 35.8 Å². The summed E-state index contributed by atoms with van der Waals surface area (Å²) >= 11 is 6.93. The first kappa shape index (κ1) is 27.1. The van der Waals surface area contributed by atoms with Gasteiger partial charge < -0.3 is 19.5 Å². The van der Waals surface area contributed by atoms with E-state index in [1.165, 1.54) is 7.11 Å². The summed E-state index contributed by atoms with van der Waals surface area (Å²) in [4.78, 5) is 39.0. The maximum atomic E-state index is 12.8. The molecule has 0 unspecified atom stereocenters. The standard InChI is InChI=1S/C28H25ClN2O6S/c1-18-6-5-7-20(14-18)30-26(32)17-37-23-11-10-19(15-24(23)35-2)16-25-27(33)31(28(34)38-25)12-13-36-22-9-4-3-8-21(22)29/h3-11,14-16H,12-13,17H2,1-2H3,(H,30,32)/b25-16-. The third-order valence-electron chi connectivity index (χ3n) is 5.43. The Morgan fingerprint density at radius 2 is 1.82 bits per heavy atom. The molecule has 0 atom stereocenters. The Hall–Kier alpha value is -3.95. The molecule has 1 fully saturated rings. The number of hydrogen-bond donors (Lipinski definition) is 1. The van der Waals surface area contributed by atoms with E-state index in [4.69, 9.17) is 25.8 Å². The molecule has 3 amide bonds. The number of carbonyl (C=O) groups is 3. The average Bonchev–Trinajstić information content (AvgIpc) is 3.16. The van der Waals surface area contributed by atoms with Crippen LogP contribution in [0, 0.1) is 6.92 Å². The number of anilines is 1. The molecule has 3 aromatic carbocycles. The number of benzene rings is 3. The lowest BCUT2D eigenvalue weighted by Crippen LogP contribution is -2.32. The molecule has 1 saturated heterocycles. The van der Waals surface area contributed by atoms with E-state index in [1.54, 1.807) is 54.6 Å². The van der Waals surface area contributed by atoms with E-state index < -0.39 is 5.91 Å². The molecule has 10 heteroatoms. The lowest BCUT2D eigenvalue weighted by Gasteiger charge is -2.14. The Balaban J connectivity index is 1.36. The van der Waals surface area contributed by atoms with Crippen molar-refractivity contribution in [1.29, 1.82) is 0 Å². The van der Waals surface area contributed by atoms with Gasteiger partial charge in [-0.2, -0.15) is 0 Å². The number of aryl methyl sites for hydroxylation is 1. The number of hydrogen-bond acceptors (Lipinski definition) is 7. The predicted octanol–water partition coefficient (Wildman–Crippen LogP) is 5.79. The molecule has 0 radical (unpaired) electrons. The summed E-state index contributed by atoms with van der Waals surface area (Å²) in [5.74, 6) is 0.519. The quantitative estimate of drug-likeness (QED) is 0.318. The molecule has 1 aliphatic rings. The number of halogens is 1. The third kappa shape index (κ3) is 6.87. The van der Waals surface area contributed by atoms with Crippen LogP contribution in [0.5, 0.6) is 17.2 Å². The maximum Gasteiger partial charge on any atom is 0.293 e. The number of carbonyl (C=O) groups excluding carboxylic acids is 3. The number of para-hydroxylation sites is 1. The minimum absolute atomic E-state index is 0.0912. The van der Waals surface area contributed by atoms with Gasteiger partial charge in [-0.1, -0.05) is 41.9 Å². The number of imide groups is 1. The number of methoxy groups -OCH3 is 1. The molecule has 0 bridgehead atoms. The normalized spacial score (nSPS) is 14.1. The average molecular weight is 553 g/mol. The van der Waals surface area contributed by atoms with Gasteiger partial charge in [-0.05, 0) is 72.3 Å². The van der Waals surface area contributed by atoms with Crippen molar-refractivity contribution >= 4 is 52.2 Å². The lowest BCUT2D eigenvalue weighted by atomic mass is 10.2. The SMILES string of the molecule is COc1cc(/C=C2\SC(=O)N(CCOc3ccccc3Cl)C2=O)ccc1OCC(=O)Nc1cccc(C)c1. The van der Waals surface area contributed by atoms with Gasteiger partial charge in [-0.15, -0.1) is 0 Å². The highest BCUT2D eigenvalue weighted by Gasteiger charge is 2.34. The number of thioether (sulfide) groups is 1. The monoisotopic (exact) mass is 552 g/mol. The summed E-state index contributed by atoms with van der Waals surface area (Å²) in [6.45, 7) is 1.94. The molecule has 38 heavy (non-hydrogen) atoms. The zero-order chi connectivity index (χ0) is 27.1. The highest BCUT2D eigenvalue weighted by atomic mass is 35.5. The van der Waals surface area contributed by atoms with Crippen LogP contribution in [0.15, 0.2) is 71.6 Å². The van der Waals surface area contributed by atoms with Gasteiger partial charge in [0.25, 0.3) is 17.1 Å². The van der Waals surface area contributed by atoms with E-state index in [0.717, 1.165) is 22.2 Å². The summed E-state index contributed by atoms with van der Waals surface area (Å²) in [6.07, 6.45) is 1.61. The topological polar surface area (TPSA) is 94.2 Å². The van der Waals surface area contributed by atoms with Crippen LogP contribution in [0.3, 0.4) is 0 Å². The van der Waals surface area contributed by atoms with Crippen LogP contribution in [-0.2, 0) is 9.59 Å². The van der Waals surface area contributed by atoms with E-state index in [9.17, 15) is 14.4 Å². The van der Waals surface area contributed by atoms with E-state index in [1.807, 2.05) is 25.1 Å². The van der Waals surface area contributed by atoms with E-state index in [0.29, 0.717) is 33.5 Å². The predicted molar refractivity (Wildman–Crippen MR) is 148 cm³/mol. The molecule has 0 spiro atoms. The van der Waals surface area contributed by atoms with Crippen LogP contribution in [0.1, 0.15) is 11.1 Å². The molecular formula is C28H25ClN2O6S. The fourth-order valence-electron chi connectivity index (χ4n) is 3.61. The number of nitrogens with one attached hydrogen (secondary N) is 1. The van der Waals surface area contributed by atoms with Gasteiger partial charge in [0.2, 0.25) is 0 Å². The maximum absolute atomic E-state index is 12.8. The largest absolute Gasteiger partial charge is 0.493 e. The van der Waals surface area contributed by atoms with Crippen molar-refractivity contribution in [3.8, 4) is 17.2 Å². The molecule has 3 aromatic rings. The highest BCUT2D eigenvalue weighted by molar-refractivity contribution is 8.18. The van der Waals surface area contributed by atoms with Gasteiger partial charge in [0, 0.05) is 5.69 Å². The Labute approximate surface area is 229 Å². The van der Waals surface area contributed by atoms with Crippen molar-refractivity contribution in [2.45, 2.75) is 6.92 Å². The second-order valence-electron chi connectivity index (χ2n) is 8.23. The highest BCUT2D eigenvalue weighted by Crippen LogP contribution is 2.34.